The molecule has 6 nitrogen and oxygen atoms in total. The third-order valence-electron chi connectivity index (χ3n) is 4.15. The molecule has 0 fully saturated rings. The Kier molecular flexibility index (Phi) is 7.12. The number of para-hydroxylation sites is 2. The second kappa shape index (κ2) is 9.77. The minimum absolute atomic E-state index is 0.0379. The number of aliphatic imine (C=N–C) groups is 1. The van der Waals surface area contributed by atoms with Crippen molar-refractivity contribution >= 4 is 57.3 Å². The molecule has 1 unspecified atom stereocenters. The van der Waals surface area contributed by atoms with Crippen LogP contribution in [0, 0.1) is 5.82 Å². The standard InChI is InChI=1S/C21H19ClFN3O3S/c1-12(21(28)26-16-8-7-13(23)9-15(16)22)30-19-10-14(11-20(27)29-2)24-17-5-3-4-6-18(17)25-19/h3-10,12,24H,11H2,1-2H3,(H,26,28). The zero-order valence-electron chi connectivity index (χ0n) is 16.2. The summed E-state index contributed by atoms with van der Waals surface area (Å²) in [6, 6.07) is 11.2. The molecule has 2 aromatic rings. The monoisotopic (exact) mass is 447 g/mol. The first-order valence-electron chi connectivity index (χ1n) is 9.00. The first-order valence-corrected chi connectivity index (χ1v) is 10.3. The first-order chi connectivity index (χ1) is 14.4. The summed E-state index contributed by atoms with van der Waals surface area (Å²) in [5.74, 6) is -1.19. The molecule has 0 aromatic heterocycles. The van der Waals surface area contributed by atoms with Crippen molar-refractivity contribution < 1.29 is 18.7 Å². The van der Waals surface area contributed by atoms with Crippen LogP contribution in [0.5, 0.6) is 0 Å². The van der Waals surface area contributed by atoms with Crippen LogP contribution in [-0.4, -0.2) is 29.3 Å². The fraction of sp³-hybridized carbons (Fsp3) is 0.190. The smallest absolute Gasteiger partial charge is 0.311 e. The third-order valence-corrected chi connectivity index (χ3v) is 5.48. The lowest BCUT2D eigenvalue weighted by atomic mass is 10.2. The lowest BCUT2D eigenvalue weighted by Crippen LogP contribution is -2.23. The Balaban J connectivity index is 1.79. The van der Waals surface area contributed by atoms with Gasteiger partial charge in [0.2, 0.25) is 5.91 Å². The highest BCUT2D eigenvalue weighted by molar-refractivity contribution is 8.15. The van der Waals surface area contributed by atoms with Crippen LogP contribution >= 0.6 is 23.4 Å². The van der Waals surface area contributed by atoms with E-state index in [0.29, 0.717) is 22.1 Å². The molecule has 2 aromatic carbocycles. The van der Waals surface area contributed by atoms with Crippen molar-refractivity contribution in [2.75, 3.05) is 17.7 Å². The van der Waals surface area contributed by atoms with E-state index in [9.17, 15) is 14.0 Å². The zero-order chi connectivity index (χ0) is 21.7. The molecular weight excluding hydrogens is 429 g/mol. The lowest BCUT2D eigenvalue weighted by Gasteiger charge is -2.13. The van der Waals surface area contributed by atoms with E-state index in [1.54, 1.807) is 13.0 Å². The summed E-state index contributed by atoms with van der Waals surface area (Å²) in [5, 5.41) is 6.01. The highest BCUT2D eigenvalue weighted by Crippen LogP contribution is 2.32. The van der Waals surface area contributed by atoms with Gasteiger partial charge in [-0.2, -0.15) is 0 Å². The topological polar surface area (TPSA) is 79.8 Å². The highest BCUT2D eigenvalue weighted by Gasteiger charge is 2.20. The molecule has 0 aliphatic carbocycles. The number of benzene rings is 2. The average molecular weight is 448 g/mol. The molecule has 1 amide bonds. The number of carbonyl (C=O) groups excluding carboxylic acids is 2. The van der Waals surface area contributed by atoms with Gasteiger partial charge in [-0.15, -0.1) is 0 Å². The van der Waals surface area contributed by atoms with Crippen LogP contribution < -0.4 is 10.6 Å². The summed E-state index contributed by atoms with van der Waals surface area (Å²) >= 11 is 7.21. The number of nitrogens with one attached hydrogen (secondary N) is 2. The molecular formula is C21H19ClFN3O3S. The number of rotatable bonds is 5. The van der Waals surface area contributed by atoms with E-state index in [4.69, 9.17) is 16.3 Å². The number of esters is 1. The molecule has 3 rings (SSSR count). The predicted molar refractivity (Wildman–Crippen MR) is 119 cm³/mol. The molecule has 30 heavy (non-hydrogen) atoms. The third kappa shape index (κ3) is 5.61. The molecule has 156 valence electrons. The molecule has 0 saturated heterocycles. The molecule has 0 radical (unpaired) electrons. The number of ether oxygens (including phenoxy) is 1. The van der Waals surface area contributed by atoms with Crippen LogP contribution in [0.4, 0.5) is 21.5 Å². The van der Waals surface area contributed by atoms with Gasteiger partial charge in [0.05, 0.1) is 45.9 Å². The first kappa shape index (κ1) is 21.9. The zero-order valence-corrected chi connectivity index (χ0v) is 17.8. The molecule has 1 aliphatic heterocycles. The van der Waals surface area contributed by atoms with Gasteiger partial charge in [-0.3, -0.25) is 9.59 Å². The Morgan fingerprint density at radius 3 is 2.80 bits per heavy atom. The van der Waals surface area contributed by atoms with Gasteiger partial charge < -0.3 is 15.4 Å². The lowest BCUT2D eigenvalue weighted by molar-refractivity contribution is -0.139. The van der Waals surface area contributed by atoms with Gasteiger partial charge in [0.15, 0.2) is 0 Å². The Morgan fingerprint density at radius 2 is 2.07 bits per heavy atom. The van der Waals surface area contributed by atoms with Crippen LogP contribution in [-0.2, 0) is 14.3 Å². The largest absolute Gasteiger partial charge is 0.469 e. The molecule has 0 saturated carbocycles. The number of hydrogen-bond acceptors (Lipinski definition) is 6. The Bertz CT molecular complexity index is 1040. The number of fused-ring (bicyclic) bond motifs is 1. The minimum Gasteiger partial charge on any atom is -0.469 e. The van der Waals surface area contributed by atoms with Crippen LogP contribution in [0.15, 0.2) is 59.2 Å². The summed E-state index contributed by atoms with van der Waals surface area (Å²) in [4.78, 5) is 29.0. The van der Waals surface area contributed by atoms with Crippen LogP contribution in [0.2, 0.25) is 5.02 Å². The van der Waals surface area contributed by atoms with E-state index in [-0.39, 0.29) is 17.4 Å². The highest BCUT2D eigenvalue weighted by atomic mass is 35.5. The van der Waals surface area contributed by atoms with Gasteiger partial charge in [-0.1, -0.05) is 35.5 Å². The number of anilines is 2. The quantitative estimate of drug-likeness (QED) is 0.620. The maximum atomic E-state index is 13.2. The van der Waals surface area contributed by atoms with E-state index in [1.165, 1.54) is 31.0 Å². The van der Waals surface area contributed by atoms with Crippen molar-refractivity contribution in [3.63, 3.8) is 0 Å². The molecule has 1 heterocycles. The maximum absolute atomic E-state index is 13.2. The Hall–Kier alpha value is -2.84. The normalized spacial score (nSPS) is 13.7. The maximum Gasteiger partial charge on any atom is 0.311 e. The molecule has 1 atom stereocenters. The number of halogens is 2. The van der Waals surface area contributed by atoms with Crippen LogP contribution in [0.1, 0.15) is 13.3 Å². The average Bonchev–Trinajstić information content (AvgIpc) is 2.88. The van der Waals surface area contributed by atoms with Gasteiger partial charge >= 0.3 is 5.97 Å². The summed E-state index contributed by atoms with van der Waals surface area (Å²) in [6.45, 7) is 1.72. The molecule has 0 spiro atoms. The fourth-order valence-electron chi connectivity index (χ4n) is 2.63. The van der Waals surface area contributed by atoms with Crippen molar-refractivity contribution in [2.45, 2.75) is 18.6 Å². The van der Waals surface area contributed by atoms with Crippen LogP contribution in [0.25, 0.3) is 0 Å². The van der Waals surface area contributed by atoms with Crippen molar-refractivity contribution in [1.82, 2.24) is 0 Å². The van der Waals surface area contributed by atoms with Crippen molar-refractivity contribution in [2.24, 2.45) is 4.99 Å². The Morgan fingerprint density at radius 1 is 1.30 bits per heavy atom. The van der Waals surface area contributed by atoms with E-state index >= 15 is 0 Å². The van der Waals surface area contributed by atoms with Crippen molar-refractivity contribution in [3.05, 3.63) is 65.1 Å². The van der Waals surface area contributed by atoms with E-state index in [1.807, 2.05) is 24.3 Å². The number of carbonyl (C=O) groups is 2. The molecule has 1 aliphatic rings. The van der Waals surface area contributed by atoms with Crippen LogP contribution in [0.3, 0.4) is 0 Å². The molecule has 2 N–H and O–H groups in total. The molecule has 0 bridgehead atoms. The summed E-state index contributed by atoms with van der Waals surface area (Å²) < 4.78 is 18.0. The number of nitrogens with zero attached hydrogens (tertiary/aromatic N) is 1. The predicted octanol–water partition coefficient (Wildman–Crippen LogP) is 5.14. The summed E-state index contributed by atoms with van der Waals surface area (Å²) in [7, 11) is 1.32. The van der Waals surface area contributed by atoms with Crippen molar-refractivity contribution in [1.29, 1.82) is 0 Å². The molecule has 9 heteroatoms. The van der Waals surface area contributed by atoms with Gasteiger partial charge in [0, 0.05) is 5.70 Å². The fourth-order valence-corrected chi connectivity index (χ4v) is 3.73. The van der Waals surface area contributed by atoms with E-state index in [0.717, 1.165) is 11.8 Å². The summed E-state index contributed by atoms with van der Waals surface area (Å²) in [6.07, 6.45) is 1.76. The number of amides is 1. The van der Waals surface area contributed by atoms with E-state index in [2.05, 4.69) is 15.6 Å². The minimum atomic E-state index is -0.536. The number of hydrogen-bond donors (Lipinski definition) is 2. The number of methoxy groups -OCH3 is 1. The number of thioether (sulfide) groups is 1. The Labute approximate surface area is 182 Å². The van der Waals surface area contributed by atoms with Gasteiger partial charge in [0.25, 0.3) is 0 Å². The van der Waals surface area contributed by atoms with Gasteiger partial charge in [0.1, 0.15) is 5.82 Å². The van der Waals surface area contributed by atoms with E-state index < -0.39 is 17.0 Å². The second-order valence-electron chi connectivity index (χ2n) is 6.39. The summed E-state index contributed by atoms with van der Waals surface area (Å²) in [5.41, 5.74) is 2.36. The second-order valence-corrected chi connectivity index (χ2v) is 8.16. The SMILES string of the molecule is COC(=O)CC1=CC(SC(C)C(=O)Nc2ccc(F)cc2Cl)=Nc2ccccc2N1. The van der Waals surface area contributed by atoms with Crippen molar-refractivity contribution in [3.8, 4) is 0 Å². The van der Waals surface area contributed by atoms with Gasteiger partial charge in [-0.25, -0.2) is 9.38 Å². The van der Waals surface area contributed by atoms with Gasteiger partial charge in [-0.05, 0) is 43.3 Å².